The van der Waals surface area contributed by atoms with Gasteiger partial charge in [0.15, 0.2) is 23.1 Å². The van der Waals surface area contributed by atoms with Gasteiger partial charge in [0.2, 0.25) is 0 Å². The number of rotatable bonds is 8. The number of hydrogen-bond donors (Lipinski definition) is 1. The van der Waals surface area contributed by atoms with E-state index in [0.29, 0.717) is 28.3 Å². The highest BCUT2D eigenvalue weighted by molar-refractivity contribution is 5.96. The van der Waals surface area contributed by atoms with Gasteiger partial charge in [-0.1, -0.05) is 0 Å². The molecule has 0 unspecified atom stereocenters. The molecule has 0 radical (unpaired) electrons. The highest BCUT2D eigenvalue weighted by atomic mass is 16.5. The Labute approximate surface area is 152 Å². The van der Waals surface area contributed by atoms with E-state index in [-0.39, 0.29) is 24.7 Å². The van der Waals surface area contributed by atoms with Gasteiger partial charge in [-0.25, -0.2) is 0 Å². The van der Waals surface area contributed by atoms with Gasteiger partial charge in [0.25, 0.3) is 0 Å². The normalized spacial score (nSPS) is 11.9. The van der Waals surface area contributed by atoms with Crippen molar-refractivity contribution in [2.45, 2.75) is 40.3 Å². The molecular weight excluding hydrogens is 336 g/mol. The van der Waals surface area contributed by atoms with Crippen LogP contribution in [0.15, 0.2) is 18.2 Å². The monoisotopic (exact) mass is 360 g/mol. The number of methoxy groups -OCH3 is 1. The minimum atomic E-state index is -0.829. The molecule has 1 aromatic heterocycles. The number of aliphatic hydroxyl groups is 1. The van der Waals surface area contributed by atoms with Gasteiger partial charge in [-0.05, 0) is 45.9 Å². The Morgan fingerprint density at radius 3 is 2.42 bits per heavy atom. The van der Waals surface area contributed by atoms with Crippen LogP contribution in [0.3, 0.4) is 0 Å². The van der Waals surface area contributed by atoms with Gasteiger partial charge in [-0.15, -0.1) is 0 Å². The molecule has 2 aromatic rings. The Hall–Kier alpha value is -2.67. The first-order valence-electron chi connectivity index (χ1n) is 8.29. The maximum atomic E-state index is 11.7. The Bertz CT molecular complexity index is 826. The third kappa shape index (κ3) is 4.29. The molecule has 2 rings (SSSR count). The number of aromatic nitrogens is 2. The summed E-state index contributed by atoms with van der Waals surface area (Å²) in [6, 6.07) is 4.89. The lowest BCUT2D eigenvalue weighted by Crippen LogP contribution is -2.25. The van der Waals surface area contributed by atoms with Crippen LogP contribution in [0.1, 0.15) is 46.0 Å². The van der Waals surface area contributed by atoms with E-state index in [1.807, 2.05) is 0 Å². The van der Waals surface area contributed by atoms with Crippen molar-refractivity contribution in [1.29, 1.82) is 0 Å². The number of aryl methyl sites for hydroxylation is 1. The summed E-state index contributed by atoms with van der Waals surface area (Å²) in [5.41, 5.74) is 2.47. The summed E-state index contributed by atoms with van der Waals surface area (Å²) in [5, 5.41) is 14.6. The predicted octanol–water partition coefficient (Wildman–Crippen LogP) is 2.35. The maximum absolute atomic E-state index is 11.7. The molecule has 0 aliphatic heterocycles. The van der Waals surface area contributed by atoms with Crippen molar-refractivity contribution in [1.82, 2.24) is 9.78 Å². The van der Waals surface area contributed by atoms with Crippen LogP contribution < -0.4 is 9.47 Å². The van der Waals surface area contributed by atoms with E-state index >= 15 is 0 Å². The maximum Gasteiger partial charge on any atom is 0.163 e. The third-order valence-electron chi connectivity index (χ3n) is 4.12. The molecule has 0 spiro atoms. The summed E-state index contributed by atoms with van der Waals surface area (Å²) in [4.78, 5) is 23.1. The summed E-state index contributed by atoms with van der Waals surface area (Å²) in [7, 11) is 1.49. The molecule has 7 heteroatoms. The molecule has 1 heterocycles. The van der Waals surface area contributed by atoms with E-state index in [0.717, 1.165) is 5.69 Å². The summed E-state index contributed by atoms with van der Waals surface area (Å²) in [6.07, 6.45) is -0.829. The first-order chi connectivity index (χ1) is 12.2. The number of ether oxygens (including phenoxy) is 2. The second kappa shape index (κ2) is 8.14. The molecule has 1 aromatic carbocycles. The number of carbonyl (C=O) groups is 2. The molecule has 0 aliphatic carbocycles. The minimum absolute atomic E-state index is 0.0174. The number of nitrogens with zero attached hydrogens (tertiary/aromatic N) is 2. The van der Waals surface area contributed by atoms with Gasteiger partial charge in [0.05, 0.1) is 24.9 Å². The van der Waals surface area contributed by atoms with E-state index in [2.05, 4.69) is 5.10 Å². The summed E-state index contributed by atoms with van der Waals surface area (Å²) >= 11 is 0. The molecular formula is C19H24N2O5. The topological polar surface area (TPSA) is 90.7 Å². The molecule has 1 atom stereocenters. The summed E-state index contributed by atoms with van der Waals surface area (Å²) in [6.45, 7) is 6.76. The molecule has 0 amide bonds. The highest BCUT2D eigenvalue weighted by Gasteiger charge is 2.18. The van der Waals surface area contributed by atoms with Crippen molar-refractivity contribution in [2.75, 3.05) is 13.7 Å². The Morgan fingerprint density at radius 2 is 1.88 bits per heavy atom. The Morgan fingerprint density at radius 1 is 1.19 bits per heavy atom. The molecule has 1 N–H and O–H groups in total. The van der Waals surface area contributed by atoms with Crippen LogP contribution in [-0.2, 0) is 6.54 Å². The quantitative estimate of drug-likeness (QED) is 0.727. The van der Waals surface area contributed by atoms with Crippen molar-refractivity contribution in [3.63, 3.8) is 0 Å². The predicted molar refractivity (Wildman–Crippen MR) is 96.2 cm³/mol. The van der Waals surface area contributed by atoms with Crippen molar-refractivity contribution in [3.8, 4) is 11.5 Å². The number of Topliss-reactive ketones (excluding diaryl/α,β-unsaturated/α-hetero) is 2. The number of aliphatic hydroxyl groups excluding tert-OH is 1. The number of hydrogen-bond acceptors (Lipinski definition) is 6. The largest absolute Gasteiger partial charge is 0.493 e. The second-order valence-corrected chi connectivity index (χ2v) is 6.17. The lowest BCUT2D eigenvalue weighted by molar-refractivity contribution is 0.0870. The van der Waals surface area contributed by atoms with E-state index in [1.165, 1.54) is 21.0 Å². The molecule has 140 valence electrons. The van der Waals surface area contributed by atoms with Gasteiger partial charge >= 0.3 is 0 Å². The summed E-state index contributed by atoms with van der Waals surface area (Å²) in [5.74, 6) is 0.747. The van der Waals surface area contributed by atoms with Crippen LogP contribution in [0.5, 0.6) is 11.5 Å². The number of ketones is 2. The molecule has 7 nitrogen and oxygen atoms in total. The number of benzene rings is 1. The fourth-order valence-electron chi connectivity index (χ4n) is 2.83. The van der Waals surface area contributed by atoms with Crippen LogP contribution >= 0.6 is 0 Å². The van der Waals surface area contributed by atoms with Gasteiger partial charge in [0, 0.05) is 11.3 Å². The van der Waals surface area contributed by atoms with Crippen LogP contribution in [0.25, 0.3) is 0 Å². The second-order valence-electron chi connectivity index (χ2n) is 6.17. The standard InChI is InChI=1S/C19H24N2O5/c1-11-19(14(4)23)12(2)21(20-11)9-16(24)10-26-17-7-6-15(13(3)22)8-18(17)25-5/h6-8,16,24H,9-10H2,1-5H3/t16-/m0/s1. The van der Waals surface area contributed by atoms with Crippen LogP contribution in [0.4, 0.5) is 0 Å². The fraction of sp³-hybridized carbons (Fsp3) is 0.421. The van der Waals surface area contributed by atoms with Crippen molar-refractivity contribution < 1.29 is 24.2 Å². The lowest BCUT2D eigenvalue weighted by Gasteiger charge is -2.15. The average Bonchev–Trinajstić information content (AvgIpc) is 2.86. The van der Waals surface area contributed by atoms with E-state index in [9.17, 15) is 14.7 Å². The molecule has 0 saturated heterocycles. The van der Waals surface area contributed by atoms with Crippen molar-refractivity contribution >= 4 is 11.6 Å². The minimum Gasteiger partial charge on any atom is -0.493 e. The van der Waals surface area contributed by atoms with Gasteiger partial charge in [-0.3, -0.25) is 14.3 Å². The van der Waals surface area contributed by atoms with Crippen LogP contribution in [0, 0.1) is 13.8 Å². The van der Waals surface area contributed by atoms with Crippen LogP contribution in [0.2, 0.25) is 0 Å². The molecule has 0 aliphatic rings. The zero-order valence-electron chi connectivity index (χ0n) is 15.7. The first-order valence-corrected chi connectivity index (χ1v) is 8.29. The van der Waals surface area contributed by atoms with Crippen molar-refractivity contribution in [3.05, 3.63) is 40.7 Å². The van der Waals surface area contributed by atoms with Crippen LogP contribution in [-0.4, -0.2) is 46.3 Å². The van der Waals surface area contributed by atoms with E-state index < -0.39 is 6.10 Å². The van der Waals surface area contributed by atoms with Gasteiger partial charge in [-0.2, -0.15) is 5.10 Å². The summed E-state index contributed by atoms with van der Waals surface area (Å²) < 4.78 is 12.5. The zero-order chi connectivity index (χ0) is 19.4. The lowest BCUT2D eigenvalue weighted by atomic mass is 10.1. The third-order valence-corrected chi connectivity index (χ3v) is 4.12. The smallest absolute Gasteiger partial charge is 0.163 e. The molecule has 0 saturated carbocycles. The highest BCUT2D eigenvalue weighted by Crippen LogP contribution is 2.28. The average molecular weight is 360 g/mol. The first kappa shape index (κ1) is 19.7. The SMILES string of the molecule is COc1cc(C(C)=O)ccc1OC[C@@H](O)Cn1nc(C)c(C(C)=O)c1C. The van der Waals surface area contributed by atoms with E-state index in [4.69, 9.17) is 9.47 Å². The molecule has 0 bridgehead atoms. The van der Waals surface area contributed by atoms with Gasteiger partial charge in [0.1, 0.15) is 12.7 Å². The molecule has 0 fully saturated rings. The van der Waals surface area contributed by atoms with Crippen molar-refractivity contribution in [2.24, 2.45) is 0 Å². The van der Waals surface area contributed by atoms with E-state index in [1.54, 1.807) is 36.7 Å². The zero-order valence-corrected chi connectivity index (χ0v) is 15.7. The molecule has 26 heavy (non-hydrogen) atoms. The van der Waals surface area contributed by atoms with Gasteiger partial charge < -0.3 is 14.6 Å². The Balaban J connectivity index is 2.06. The fourth-order valence-corrected chi connectivity index (χ4v) is 2.83. The Kier molecular flexibility index (Phi) is 6.15. The number of carbonyl (C=O) groups excluding carboxylic acids is 2.